The average molecular weight is 559 g/mol. The van der Waals surface area contributed by atoms with Crippen molar-refractivity contribution < 1.29 is 19.5 Å². The van der Waals surface area contributed by atoms with Crippen LogP contribution >= 0.6 is 23.2 Å². The van der Waals surface area contributed by atoms with Gasteiger partial charge in [0.2, 0.25) is 0 Å². The van der Waals surface area contributed by atoms with Crippen molar-refractivity contribution in [3.8, 4) is 0 Å². The number of hydrogen-bond acceptors (Lipinski definition) is 4. The minimum Gasteiger partial charge on any atom is -0.481 e. The Hall–Kier alpha value is -2.90. The van der Waals surface area contributed by atoms with Crippen molar-refractivity contribution in [2.45, 2.75) is 58.7 Å². The SMILES string of the molecule is CC(C)[C@@H]1CC[C@@H](C)CC12N=C(c1cc(Cl)cc(Cl)c1)C(=O)N2Cc1ccc(C(=O)NCCC(=O)O)cc1. The van der Waals surface area contributed by atoms with E-state index in [1.54, 1.807) is 30.3 Å². The molecule has 1 heterocycles. The molecule has 202 valence electrons. The Kier molecular flexibility index (Phi) is 8.48. The van der Waals surface area contributed by atoms with E-state index in [1.165, 1.54) is 0 Å². The first-order valence-corrected chi connectivity index (χ1v) is 13.7. The van der Waals surface area contributed by atoms with Gasteiger partial charge in [0.1, 0.15) is 11.4 Å². The third kappa shape index (κ3) is 5.89. The van der Waals surface area contributed by atoms with Crippen molar-refractivity contribution in [2.75, 3.05) is 6.54 Å². The molecule has 9 heteroatoms. The third-order valence-electron chi connectivity index (χ3n) is 7.56. The number of nitrogens with zero attached hydrogens (tertiary/aromatic N) is 2. The lowest BCUT2D eigenvalue weighted by molar-refractivity contribution is -0.137. The van der Waals surface area contributed by atoms with Gasteiger partial charge in [0, 0.05) is 40.2 Å². The molecule has 0 bridgehead atoms. The van der Waals surface area contributed by atoms with E-state index < -0.39 is 11.6 Å². The molecular formula is C29H33Cl2N3O4. The summed E-state index contributed by atoms with van der Waals surface area (Å²) in [6.07, 6.45) is 2.69. The van der Waals surface area contributed by atoms with Crippen LogP contribution in [0.15, 0.2) is 47.5 Å². The fraction of sp³-hybridized carbons (Fsp3) is 0.448. The third-order valence-corrected chi connectivity index (χ3v) is 7.99. The number of nitrogens with one attached hydrogen (secondary N) is 1. The molecule has 1 unspecified atom stereocenters. The van der Waals surface area contributed by atoms with Crippen LogP contribution in [0.5, 0.6) is 0 Å². The fourth-order valence-electron chi connectivity index (χ4n) is 5.79. The molecule has 1 aliphatic carbocycles. The second-order valence-electron chi connectivity index (χ2n) is 10.7. The minimum atomic E-state index is -0.969. The van der Waals surface area contributed by atoms with Crippen LogP contribution in [-0.4, -0.2) is 45.7 Å². The molecule has 2 aromatic carbocycles. The lowest BCUT2D eigenvalue weighted by atomic mass is 9.69. The Morgan fingerprint density at radius 1 is 1.13 bits per heavy atom. The molecule has 0 aromatic heterocycles. The van der Waals surface area contributed by atoms with Crippen LogP contribution in [-0.2, 0) is 16.1 Å². The monoisotopic (exact) mass is 557 g/mol. The maximum atomic E-state index is 14.0. The standard InChI is InChI=1S/C29H33Cl2N3O4/c1-17(2)24-9-4-18(3)15-29(24)33-26(21-12-22(30)14-23(31)13-21)28(38)34(29)16-19-5-7-20(8-6-19)27(37)32-11-10-25(35)36/h5-8,12-14,17-18,24H,4,9-11,15-16H2,1-3H3,(H,32,37)(H,35,36)/t18-,24+,29?/m1/s1. The van der Waals surface area contributed by atoms with Gasteiger partial charge in [0.05, 0.1) is 6.42 Å². The number of carboxylic acid groups (broad SMARTS) is 1. The summed E-state index contributed by atoms with van der Waals surface area (Å²) >= 11 is 12.6. The van der Waals surface area contributed by atoms with Crippen molar-refractivity contribution in [2.24, 2.45) is 22.7 Å². The Bertz CT molecular complexity index is 1240. The molecule has 3 atom stereocenters. The molecule has 4 rings (SSSR count). The van der Waals surface area contributed by atoms with Gasteiger partial charge in [-0.3, -0.25) is 19.4 Å². The van der Waals surface area contributed by atoms with E-state index in [0.29, 0.717) is 45.3 Å². The van der Waals surface area contributed by atoms with Crippen LogP contribution in [0.4, 0.5) is 0 Å². The highest BCUT2D eigenvalue weighted by atomic mass is 35.5. The lowest BCUT2D eigenvalue weighted by Crippen LogP contribution is -2.55. The quantitative estimate of drug-likeness (QED) is 0.427. The van der Waals surface area contributed by atoms with Gasteiger partial charge < -0.3 is 15.3 Å². The van der Waals surface area contributed by atoms with Crippen molar-refractivity contribution >= 4 is 46.7 Å². The summed E-state index contributed by atoms with van der Waals surface area (Å²) in [5, 5.41) is 12.3. The predicted molar refractivity (Wildman–Crippen MR) is 149 cm³/mol. The number of aliphatic imine (C=N–C) groups is 1. The highest BCUT2D eigenvalue weighted by Crippen LogP contribution is 2.49. The van der Waals surface area contributed by atoms with Crippen molar-refractivity contribution in [3.63, 3.8) is 0 Å². The zero-order valence-electron chi connectivity index (χ0n) is 21.8. The molecule has 2 aliphatic rings. The Balaban J connectivity index is 1.66. The van der Waals surface area contributed by atoms with Crippen LogP contribution in [0, 0.1) is 17.8 Å². The smallest absolute Gasteiger partial charge is 0.305 e. The van der Waals surface area contributed by atoms with E-state index in [1.807, 2.05) is 17.0 Å². The number of halogens is 2. The van der Waals surface area contributed by atoms with E-state index in [4.69, 9.17) is 33.3 Å². The Labute approximate surface area is 233 Å². The maximum Gasteiger partial charge on any atom is 0.305 e. The number of rotatable bonds is 8. The van der Waals surface area contributed by atoms with Crippen LogP contribution in [0.2, 0.25) is 10.0 Å². The van der Waals surface area contributed by atoms with E-state index in [9.17, 15) is 14.4 Å². The number of amides is 2. The van der Waals surface area contributed by atoms with Gasteiger partial charge >= 0.3 is 5.97 Å². The van der Waals surface area contributed by atoms with Gasteiger partial charge in [0.15, 0.2) is 0 Å². The molecule has 2 aromatic rings. The van der Waals surface area contributed by atoms with Gasteiger partial charge in [-0.1, -0.05) is 62.5 Å². The number of carboxylic acids is 1. The first kappa shape index (κ1) is 28.1. The predicted octanol–water partition coefficient (Wildman–Crippen LogP) is 5.82. The van der Waals surface area contributed by atoms with Crippen molar-refractivity contribution in [1.29, 1.82) is 0 Å². The van der Waals surface area contributed by atoms with Crippen molar-refractivity contribution in [1.82, 2.24) is 10.2 Å². The number of carbonyl (C=O) groups is 3. The second kappa shape index (κ2) is 11.5. The fourth-order valence-corrected chi connectivity index (χ4v) is 6.32. The molecule has 0 saturated heterocycles. The molecule has 1 aliphatic heterocycles. The zero-order chi connectivity index (χ0) is 27.6. The highest BCUT2D eigenvalue weighted by Gasteiger charge is 2.54. The van der Waals surface area contributed by atoms with Crippen LogP contribution in [0.25, 0.3) is 0 Å². The van der Waals surface area contributed by atoms with Crippen LogP contribution in [0.1, 0.15) is 67.9 Å². The topological polar surface area (TPSA) is 99.1 Å². The summed E-state index contributed by atoms with van der Waals surface area (Å²) in [5.41, 5.74) is 1.62. The van der Waals surface area contributed by atoms with Gasteiger partial charge in [-0.25, -0.2) is 0 Å². The highest BCUT2D eigenvalue weighted by molar-refractivity contribution is 6.47. The first-order valence-electron chi connectivity index (χ1n) is 13.0. The molecule has 1 saturated carbocycles. The van der Waals surface area contributed by atoms with Gasteiger partial charge in [0.25, 0.3) is 11.8 Å². The maximum absolute atomic E-state index is 14.0. The Morgan fingerprint density at radius 3 is 2.39 bits per heavy atom. The van der Waals surface area contributed by atoms with Crippen molar-refractivity contribution in [3.05, 3.63) is 69.2 Å². The van der Waals surface area contributed by atoms with Gasteiger partial charge in [-0.15, -0.1) is 0 Å². The van der Waals surface area contributed by atoms with E-state index in [0.717, 1.165) is 24.8 Å². The first-order chi connectivity index (χ1) is 18.0. The number of benzene rings is 2. The summed E-state index contributed by atoms with van der Waals surface area (Å²) in [7, 11) is 0. The molecule has 1 spiro atoms. The summed E-state index contributed by atoms with van der Waals surface area (Å²) in [6, 6.07) is 12.2. The lowest BCUT2D eigenvalue weighted by Gasteiger charge is -2.49. The second-order valence-corrected chi connectivity index (χ2v) is 11.6. The van der Waals surface area contributed by atoms with E-state index >= 15 is 0 Å². The van der Waals surface area contributed by atoms with Crippen LogP contribution in [0.3, 0.4) is 0 Å². The van der Waals surface area contributed by atoms with Gasteiger partial charge in [-0.05, 0) is 60.6 Å². The molecule has 1 fully saturated rings. The molecule has 0 radical (unpaired) electrons. The summed E-state index contributed by atoms with van der Waals surface area (Å²) in [5.74, 6) is -0.546. The largest absolute Gasteiger partial charge is 0.481 e. The normalized spacial score (nSPS) is 23.2. The van der Waals surface area contributed by atoms with Gasteiger partial charge in [-0.2, -0.15) is 0 Å². The molecule has 2 amide bonds. The van der Waals surface area contributed by atoms with E-state index in [-0.39, 0.29) is 30.7 Å². The summed E-state index contributed by atoms with van der Waals surface area (Å²) in [4.78, 5) is 44.2. The number of carbonyl (C=O) groups excluding carboxylic acids is 2. The molecule has 2 N–H and O–H groups in total. The van der Waals surface area contributed by atoms with E-state index in [2.05, 4.69) is 26.1 Å². The molecule has 38 heavy (non-hydrogen) atoms. The number of hydrogen-bond donors (Lipinski definition) is 2. The Morgan fingerprint density at radius 2 is 1.79 bits per heavy atom. The minimum absolute atomic E-state index is 0.0587. The average Bonchev–Trinajstić information content (AvgIpc) is 3.09. The number of aliphatic carboxylic acids is 1. The summed E-state index contributed by atoms with van der Waals surface area (Å²) < 4.78 is 0. The van der Waals surface area contributed by atoms with Crippen LogP contribution < -0.4 is 5.32 Å². The molecule has 7 nitrogen and oxygen atoms in total. The molecular weight excluding hydrogens is 525 g/mol. The summed E-state index contributed by atoms with van der Waals surface area (Å²) in [6.45, 7) is 6.99. The zero-order valence-corrected chi connectivity index (χ0v) is 23.4.